The van der Waals surface area contributed by atoms with Gasteiger partial charge in [-0.15, -0.1) is 5.10 Å². The quantitative estimate of drug-likeness (QED) is 0.452. The Morgan fingerprint density at radius 2 is 1.94 bits per heavy atom. The fourth-order valence-electron chi connectivity index (χ4n) is 1.29. The van der Waals surface area contributed by atoms with Crippen molar-refractivity contribution in [1.29, 1.82) is 0 Å². The molecule has 0 unspecified atom stereocenters. The molecule has 0 aliphatic rings. The maximum absolute atomic E-state index is 5.24. The molecule has 0 fully saturated rings. The monoisotopic (exact) mass is 220 g/mol. The van der Waals surface area contributed by atoms with E-state index in [-0.39, 0.29) is 5.96 Å². The topological polar surface area (TPSA) is 86.0 Å². The van der Waals surface area contributed by atoms with Crippen molar-refractivity contribution in [2.45, 2.75) is 13.8 Å². The van der Waals surface area contributed by atoms with Crippen LogP contribution in [0.3, 0.4) is 0 Å². The lowest BCUT2D eigenvalue weighted by atomic mass is 10.1. The van der Waals surface area contributed by atoms with Gasteiger partial charge in [0.15, 0.2) is 0 Å². The van der Waals surface area contributed by atoms with Crippen molar-refractivity contribution in [3.63, 3.8) is 0 Å². The van der Waals surface area contributed by atoms with E-state index >= 15 is 0 Å². The SMILES string of the molecule is COc1ccc(C)cc1C(C)=NN=C(N)N. The molecule has 5 nitrogen and oxygen atoms in total. The number of rotatable bonds is 3. The maximum atomic E-state index is 5.24. The highest BCUT2D eigenvalue weighted by atomic mass is 16.5. The van der Waals surface area contributed by atoms with E-state index in [1.54, 1.807) is 7.11 Å². The highest BCUT2D eigenvalue weighted by Crippen LogP contribution is 2.20. The Hall–Kier alpha value is -2.04. The van der Waals surface area contributed by atoms with Crippen LogP contribution in [0.2, 0.25) is 0 Å². The minimum atomic E-state index is -0.0639. The van der Waals surface area contributed by atoms with E-state index in [2.05, 4.69) is 10.2 Å². The number of nitrogens with zero attached hydrogens (tertiary/aromatic N) is 2. The van der Waals surface area contributed by atoms with Crippen molar-refractivity contribution in [3.8, 4) is 5.75 Å². The van der Waals surface area contributed by atoms with Crippen LogP contribution >= 0.6 is 0 Å². The number of hydrogen-bond donors (Lipinski definition) is 2. The largest absolute Gasteiger partial charge is 0.496 e. The number of aryl methyl sites for hydroxylation is 1. The highest BCUT2D eigenvalue weighted by molar-refractivity contribution is 6.01. The molecule has 0 atom stereocenters. The van der Waals surface area contributed by atoms with Gasteiger partial charge in [-0.25, -0.2) is 0 Å². The second kappa shape index (κ2) is 5.16. The van der Waals surface area contributed by atoms with Gasteiger partial charge < -0.3 is 16.2 Å². The molecule has 4 N–H and O–H groups in total. The van der Waals surface area contributed by atoms with Crippen LogP contribution in [-0.2, 0) is 0 Å². The van der Waals surface area contributed by atoms with Crippen molar-refractivity contribution in [3.05, 3.63) is 29.3 Å². The lowest BCUT2D eigenvalue weighted by molar-refractivity contribution is 0.414. The molecule has 0 aliphatic carbocycles. The molecule has 1 aromatic rings. The third-order valence-corrected chi connectivity index (χ3v) is 2.06. The summed E-state index contributed by atoms with van der Waals surface area (Å²) < 4.78 is 5.24. The number of nitrogens with two attached hydrogens (primary N) is 2. The van der Waals surface area contributed by atoms with E-state index in [0.717, 1.165) is 16.9 Å². The Balaban J connectivity index is 3.16. The van der Waals surface area contributed by atoms with Gasteiger partial charge in [-0.2, -0.15) is 5.10 Å². The summed E-state index contributed by atoms with van der Waals surface area (Å²) in [4.78, 5) is 0. The predicted molar refractivity (Wildman–Crippen MR) is 65.8 cm³/mol. The summed E-state index contributed by atoms with van der Waals surface area (Å²) in [5.74, 6) is 0.684. The first-order valence-electron chi connectivity index (χ1n) is 4.82. The Morgan fingerprint density at radius 1 is 1.25 bits per heavy atom. The Labute approximate surface area is 94.8 Å². The molecule has 0 heterocycles. The van der Waals surface area contributed by atoms with Gasteiger partial charge in [0.25, 0.3) is 0 Å². The van der Waals surface area contributed by atoms with E-state index in [9.17, 15) is 0 Å². The minimum absolute atomic E-state index is 0.0639. The molecule has 0 amide bonds. The normalized spacial score (nSPS) is 11.1. The first kappa shape index (κ1) is 12.0. The van der Waals surface area contributed by atoms with Crippen molar-refractivity contribution < 1.29 is 4.74 Å². The number of benzene rings is 1. The zero-order valence-electron chi connectivity index (χ0n) is 9.69. The Kier molecular flexibility index (Phi) is 3.88. The molecule has 0 saturated heterocycles. The van der Waals surface area contributed by atoms with Gasteiger partial charge in [-0.1, -0.05) is 11.6 Å². The van der Waals surface area contributed by atoms with E-state index in [4.69, 9.17) is 16.2 Å². The fraction of sp³-hybridized carbons (Fsp3) is 0.273. The smallest absolute Gasteiger partial charge is 0.211 e. The lowest BCUT2D eigenvalue weighted by Crippen LogP contribution is -2.22. The number of hydrogen-bond acceptors (Lipinski definition) is 3. The minimum Gasteiger partial charge on any atom is -0.496 e. The molecular weight excluding hydrogens is 204 g/mol. The standard InChI is InChI=1S/C11H16N4O/c1-7-4-5-10(16-3)9(6-7)8(2)14-15-11(12)13/h4-6H,1-3H3,(H4,12,13,15). The molecule has 1 aromatic carbocycles. The summed E-state index contributed by atoms with van der Waals surface area (Å²) in [5, 5.41) is 7.53. The van der Waals surface area contributed by atoms with Crippen LogP contribution in [0.5, 0.6) is 5.75 Å². The average molecular weight is 220 g/mol. The third kappa shape index (κ3) is 2.98. The molecule has 16 heavy (non-hydrogen) atoms. The van der Waals surface area contributed by atoms with Crippen molar-refractivity contribution in [1.82, 2.24) is 0 Å². The Morgan fingerprint density at radius 3 is 2.50 bits per heavy atom. The molecule has 86 valence electrons. The van der Waals surface area contributed by atoms with Crippen LogP contribution in [0, 0.1) is 6.92 Å². The maximum Gasteiger partial charge on any atom is 0.211 e. The molecule has 5 heteroatoms. The third-order valence-electron chi connectivity index (χ3n) is 2.06. The van der Waals surface area contributed by atoms with Crippen molar-refractivity contribution in [2.24, 2.45) is 21.7 Å². The summed E-state index contributed by atoms with van der Waals surface area (Å²) >= 11 is 0. The average Bonchev–Trinajstić information content (AvgIpc) is 2.25. The molecule has 0 aliphatic heterocycles. The van der Waals surface area contributed by atoms with Crippen LogP contribution in [0.25, 0.3) is 0 Å². The van der Waals surface area contributed by atoms with Gasteiger partial charge in [-0.05, 0) is 26.0 Å². The number of ether oxygens (including phenoxy) is 1. The molecular formula is C11H16N4O. The van der Waals surface area contributed by atoms with Crippen LogP contribution in [0.4, 0.5) is 0 Å². The van der Waals surface area contributed by atoms with E-state index in [1.165, 1.54) is 0 Å². The molecule has 0 aromatic heterocycles. The zero-order valence-corrected chi connectivity index (χ0v) is 9.69. The van der Waals surface area contributed by atoms with Gasteiger partial charge in [-0.3, -0.25) is 0 Å². The molecule has 0 spiro atoms. The predicted octanol–water partition coefficient (Wildman–Crippen LogP) is 1.00. The summed E-state index contributed by atoms with van der Waals surface area (Å²) in [6.45, 7) is 3.82. The van der Waals surface area contributed by atoms with Gasteiger partial charge in [0.2, 0.25) is 5.96 Å². The van der Waals surface area contributed by atoms with E-state index in [0.29, 0.717) is 5.71 Å². The van der Waals surface area contributed by atoms with Crippen LogP contribution in [0.15, 0.2) is 28.4 Å². The van der Waals surface area contributed by atoms with Crippen molar-refractivity contribution in [2.75, 3.05) is 7.11 Å². The summed E-state index contributed by atoms with van der Waals surface area (Å²) in [6.07, 6.45) is 0. The zero-order chi connectivity index (χ0) is 12.1. The van der Waals surface area contributed by atoms with Gasteiger partial charge in [0, 0.05) is 5.56 Å². The summed E-state index contributed by atoms with van der Waals surface area (Å²) in [5.41, 5.74) is 13.1. The number of methoxy groups -OCH3 is 1. The molecule has 1 rings (SSSR count). The summed E-state index contributed by atoms with van der Waals surface area (Å²) in [6, 6.07) is 5.83. The van der Waals surface area contributed by atoms with Gasteiger partial charge in [0.05, 0.1) is 12.8 Å². The van der Waals surface area contributed by atoms with E-state index < -0.39 is 0 Å². The summed E-state index contributed by atoms with van der Waals surface area (Å²) in [7, 11) is 1.61. The fourth-order valence-corrected chi connectivity index (χ4v) is 1.29. The van der Waals surface area contributed by atoms with Crippen molar-refractivity contribution >= 4 is 11.7 Å². The second-order valence-corrected chi connectivity index (χ2v) is 3.41. The van der Waals surface area contributed by atoms with Gasteiger partial charge >= 0.3 is 0 Å². The van der Waals surface area contributed by atoms with Gasteiger partial charge in [0.1, 0.15) is 5.75 Å². The van der Waals surface area contributed by atoms with Crippen LogP contribution in [-0.4, -0.2) is 18.8 Å². The molecule has 0 saturated carbocycles. The van der Waals surface area contributed by atoms with Crippen LogP contribution in [0.1, 0.15) is 18.1 Å². The first-order chi connectivity index (χ1) is 7.54. The molecule has 0 bridgehead atoms. The van der Waals surface area contributed by atoms with Crippen LogP contribution < -0.4 is 16.2 Å². The lowest BCUT2D eigenvalue weighted by Gasteiger charge is -2.08. The highest BCUT2D eigenvalue weighted by Gasteiger charge is 2.06. The first-order valence-corrected chi connectivity index (χ1v) is 4.82. The Bertz CT molecular complexity index is 434. The van der Waals surface area contributed by atoms with E-state index in [1.807, 2.05) is 32.0 Å². The molecule has 0 radical (unpaired) electrons. The second-order valence-electron chi connectivity index (χ2n) is 3.41. The number of guanidine groups is 1.